The maximum Gasteiger partial charge on any atom is 0.241 e. The standard InChI is InChI=1S/C30H23ClFNO6S/c1-38-29-22(26(31)30(39-2)25-24(29)27(34)20-13-6-7-14-21(20)28(25)35)16-23(17-9-8-10-18(32)15-17)33-40(36,37)19-11-4-3-5-12-19/h3-15,23,33H,16H2,1-2H3. The summed E-state index contributed by atoms with van der Waals surface area (Å²) in [4.78, 5) is 27.2. The summed E-state index contributed by atoms with van der Waals surface area (Å²) < 4.78 is 54.8. The average molecular weight is 580 g/mol. The Bertz CT molecular complexity index is 1760. The lowest BCUT2D eigenvalue weighted by Gasteiger charge is -2.27. The summed E-state index contributed by atoms with van der Waals surface area (Å²) in [5.74, 6) is -1.52. The molecule has 10 heteroatoms. The van der Waals surface area contributed by atoms with Crippen molar-refractivity contribution in [3.8, 4) is 11.5 Å². The van der Waals surface area contributed by atoms with Crippen molar-refractivity contribution >= 4 is 33.2 Å². The molecule has 0 heterocycles. The summed E-state index contributed by atoms with van der Waals surface area (Å²) in [6, 6.07) is 18.5. The highest BCUT2D eigenvalue weighted by molar-refractivity contribution is 7.89. The zero-order chi connectivity index (χ0) is 28.6. The molecule has 1 aliphatic rings. The van der Waals surface area contributed by atoms with Gasteiger partial charge in [0.05, 0.1) is 41.3 Å². The van der Waals surface area contributed by atoms with Gasteiger partial charge in [0.2, 0.25) is 10.0 Å². The number of carbonyl (C=O) groups is 2. The van der Waals surface area contributed by atoms with Gasteiger partial charge in [-0.1, -0.05) is 66.2 Å². The van der Waals surface area contributed by atoms with Crippen LogP contribution in [0.3, 0.4) is 0 Å². The molecule has 1 aliphatic carbocycles. The van der Waals surface area contributed by atoms with Crippen molar-refractivity contribution in [2.45, 2.75) is 17.4 Å². The molecular formula is C30H23ClFNO6S. The molecule has 0 bridgehead atoms. The Balaban J connectivity index is 1.70. The first-order valence-corrected chi connectivity index (χ1v) is 14.0. The Labute approximate surface area is 235 Å². The predicted octanol–water partition coefficient (Wildman–Crippen LogP) is 5.53. The van der Waals surface area contributed by atoms with Gasteiger partial charge in [0.25, 0.3) is 0 Å². The minimum Gasteiger partial charge on any atom is -0.496 e. The Hall–Kier alpha value is -4.05. The molecule has 1 unspecified atom stereocenters. The molecule has 204 valence electrons. The number of fused-ring (bicyclic) bond motifs is 2. The molecule has 7 nitrogen and oxygen atoms in total. The molecule has 1 N–H and O–H groups in total. The Kier molecular flexibility index (Phi) is 7.46. The minimum atomic E-state index is -4.07. The van der Waals surface area contributed by atoms with Crippen LogP contribution < -0.4 is 14.2 Å². The first-order chi connectivity index (χ1) is 19.2. The number of methoxy groups -OCH3 is 2. The summed E-state index contributed by atoms with van der Waals surface area (Å²) in [5.41, 5.74) is 0.847. The van der Waals surface area contributed by atoms with Crippen molar-refractivity contribution in [3.05, 3.63) is 123 Å². The first kappa shape index (κ1) is 27.5. The topological polar surface area (TPSA) is 98.8 Å². The normalized spacial score (nSPS) is 13.4. The highest BCUT2D eigenvalue weighted by Crippen LogP contribution is 2.47. The van der Waals surface area contributed by atoms with E-state index in [1.165, 1.54) is 44.6 Å². The van der Waals surface area contributed by atoms with Gasteiger partial charge in [-0.15, -0.1) is 0 Å². The van der Waals surface area contributed by atoms with Crippen LogP contribution in [-0.4, -0.2) is 34.2 Å². The number of hydrogen-bond donors (Lipinski definition) is 1. The van der Waals surface area contributed by atoms with E-state index in [0.29, 0.717) is 5.56 Å². The number of hydrogen-bond acceptors (Lipinski definition) is 6. The fourth-order valence-corrected chi connectivity index (χ4v) is 6.50. The summed E-state index contributed by atoms with van der Waals surface area (Å²) in [6.45, 7) is 0. The zero-order valence-corrected chi connectivity index (χ0v) is 23.0. The maximum atomic E-state index is 14.3. The van der Waals surface area contributed by atoms with Gasteiger partial charge >= 0.3 is 0 Å². The minimum absolute atomic E-state index is 0.00830. The second-order valence-electron chi connectivity index (χ2n) is 9.06. The van der Waals surface area contributed by atoms with Crippen molar-refractivity contribution in [1.82, 2.24) is 4.72 Å². The van der Waals surface area contributed by atoms with Crippen LogP contribution in [0.1, 0.15) is 49.0 Å². The number of carbonyl (C=O) groups excluding carboxylic acids is 2. The molecule has 4 aromatic carbocycles. The van der Waals surface area contributed by atoms with Gasteiger partial charge in [0.1, 0.15) is 17.3 Å². The van der Waals surface area contributed by atoms with Gasteiger partial charge < -0.3 is 9.47 Å². The lowest BCUT2D eigenvalue weighted by molar-refractivity contribution is 0.0973. The second kappa shape index (κ2) is 10.8. The predicted molar refractivity (Wildman–Crippen MR) is 147 cm³/mol. The first-order valence-electron chi connectivity index (χ1n) is 12.2. The van der Waals surface area contributed by atoms with E-state index in [0.717, 1.165) is 0 Å². The molecule has 1 atom stereocenters. The second-order valence-corrected chi connectivity index (χ2v) is 11.2. The van der Waals surface area contributed by atoms with Crippen LogP contribution in [0.2, 0.25) is 5.02 Å². The largest absolute Gasteiger partial charge is 0.496 e. The van der Waals surface area contributed by atoms with E-state index in [9.17, 15) is 22.4 Å². The molecule has 0 fully saturated rings. The lowest BCUT2D eigenvalue weighted by Crippen LogP contribution is -2.31. The molecule has 40 heavy (non-hydrogen) atoms. The molecule has 5 rings (SSSR count). The molecule has 0 radical (unpaired) electrons. The highest BCUT2D eigenvalue weighted by atomic mass is 35.5. The van der Waals surface area contributed by atoms with Crippen molar-refractivity contribution in [3.63, 3.8) is 0 Å². The van der Waals surface area contributed by atoms with Crippen LogP contribution in [0.4, 0.5) is 4.39 Å². The van der Waals surface area contributed by atoms with Gasteiger partial charge in [0.15, 0.2) is 11.6 Å². The number of halogens is 2. The van der Waals surface area contributed by atoms with Crippen LogP contribution in [0, 0.1) is 5.82 Å². The van der Waals surface area contributed by atoms with Crippen molar-refractivity contribution in [2.24, 2.45) is 0 Å². The maximum absolute atomic E-state index is 14.3. The Morgan fingerprint density at radius 2 is 1.40 bits per heavy atom. The molecule has 0 aromatic heterocycles. The van der Waals surface area contributed by atoms with Crippen LogP contribution in [0.5, 0.6) is 11.5 Å². The number of benzene rings is 4. The van der Waals surface area contributed by atoms with Crippen LogP contribution in [-0.2, 0) is 16.4 Å². The smallest absolute Gasteiger partial charge is 0.241 e. The van der Waals surface area contributed by atoms with E-state index in [1.54, 1.807) is 48.5 Å². The SMILES string of the molecule is COc1c(Cl)c(CC(NS(=O)(=O)c2ccccc2)c2cccc(F)c2)c(OC)c2c1C(=O)c1ccccc1C2=O. The Morgan fingerprint density at radius 1 is 0.825 bits per heavy atom. The van der Waals surface area contributed by atoms with Gasteiger partial charge in [0, 0.05) is 16.7 Å². The molecule has 0 saturated heterocycles. The average Bonchev–Trinajstić information content (AvgIpc) is 2.96. The highest BCUT2D eigenvalue weighted by Gasteiger charge is 2.39. The summed E-state index contributed by atoms with van der Waals surface area (Å²) in [7, 11) is -1.43. The van der Waals surface area contributed by atoms with Crippen molar-refractivity contribution in [2.75, 3.05) is 14.2 Å². The van der Waals surface area contributed by atoms with Gasteiger partial charge in [-0.05, 0) is 36.2 Å². The van der Waals surface area contributed by atoms with E-state index >= 15 is 0 Å². The van der Waals surface area contributed by atoms with Crippen molar-refractivity contribution < 1.29 is 31.9 Å². The molecule has 0 saturated carbocycles. The van der Waals surface area contributed by atoms with Crippen LogP contribution in [0.15, 0.2) is 83.8 Å². The van der Waals surface area contributed by atoms with Gasteiger partial charge in [-0.2, -0.15) is 0 Å². The fourth-order valence-electron chi connectivity index (χ4n) is 4.92. The van der Waals surface area contributed by atoms with Crippen LogP contribution >= 0.6 is 11.6 Å². The van der Waals surface area contributed by atoms with Gasteiger partial charge in [-0.25, -0.2) is 17.5 Å². The van der Waals surface area contributed by atoms with E-state index < -0.39 is 33.4 Å². The monoisotopic (exact) mass is 579 g/mol. The molecule has 0 spiro atoms. The third kappa shape index (κ3) is 4.77. The summed E-state index contributed by atoms with van der Waals surface area (Å²) >= 11 is 6.80. The summed E-state index contributed by atoms with van der Waals surface area (Å²) in [6.07, 6.45) is -0.162. The number of nitrogens with one attached hydrogen (secondary N) is 1. The molecule has 0 amide bonds. The number of rotatable bonds is 8. The number of ketones is 2. The third-order valence-corrected chi connectivity index (χ3v) is 8.62. The third-order valence-electron chi connectivity index (χ3n) is 6.73. The van der Waals surface area contributed by atoms with E-state index in [-0.39, 0.29) is 55.7 Å². The molecular weight excluding hydrogens is 557 g/mol. The van der Waals surface area contributed by atoms with E-state index in [1.807, 2.05) is 0 Å². The summed E-state index contributed by atoms with van der Waals surface area (Å²) in [5, 5.41) is -0.0288. The quantitative estimate of drug-likeness (QED) is 0.259. The van der Waals surface area contributed by atoms with Gasteiger partial charge in [-0.3, -0.25) is 9.59 Å². The van der Waals surface area contributed by atoms with E-state index in [4.69, 9.17) is 21.1 Å². The van der Waals surface area contributed by atoms with E-state index in [2.05, 4.69) is 4.72 Å². The molecule has 4 aromatic rings. The van der Waals surface area contributed by atoms with Crippen molar-refractivity contribution in [1.29, 1.82) is 0 Å². The number of sulfonamides is 1. The van der Waals surface area contributed by atoms with Crippen LogP contribution in [0.25, 0.3) is 0 Å². The molecule has 0 aliphatic heterocycles. The lowest BCUT2D eigenvalue weighted by atomic mass is 9.81. The fraction of sp³-hybridized carbons (Fsp3) is 0.133. The number of ether oxygens (including phenoxy) is 2. The Morgan fingerprint density at radius 3 is 1.98 bits per heavy atom. The zero-order valence-electron chi connectivity index (χ0n) is 21.4.